The molecule has 0 radical (unpaired) electrons. The van der Waals surface area contributed by atoms with Crippen LogP contribution in [0.25, 0.3) is 0 Å². The lowest BCUT2D eigenvalue weighted by Crippen LogP contribution is -2.37. The molecule has 0 aliphatic carbocycles. The van der Waals surface area contributed by atoms with Gasteiger partial charge in [-0.15, -0.1) is 0 Å². The zero-order valence-corrected chi connectivity index (χ0v) is 12.9. The van der Waals surface area contributed by atoms with E-state index in [0.717, 1.165) is 19.6 Å². The molecule has 0 amide bonds. The maximum absolute atomic E-state index is 12.4. The lowest BCUT2D eigenvalue weighted by atomic mass is 9.98. The van der Waals surface area contributed by atoms with Gasteiger partial charge in [-0.25, -0.2) is 0 Å². The van der Waals surface area contributed by atoms with E-state index in [1.54, 1.807) is 12.1 Å². The molecular weight excluding hydrogens is 298 g/mol. The summed E-state index contributed by atoms with van der Waals surface area (Å²) in [6, 6.07) is 4.71. The zero-order valence-electron chi connectivity index (χ0n) is 12.1. The third-order valence-electron chi connectivity index (χ3n) is 3.71. The molecule has 118 valence electrons. The molecule has 0 spiro atoms. The summed E-state index contributed by atoms with van der Waals surface area (Å²) < 4.78 is 29.3. The van der Waals surface area contributed by atoms with Gasteiger partial charge < -0.3 is 15.0 Å². The molecule has 0 bridgehead atoms. The van der Waals surface area contributed by atoms with Gasteiger partial charge in [-0.2, -0.15) is 8.78 Å². The number of benzene rings is 1. The van der Waals surface area contributed by atoms with Crippen LogP contribution in [-0.2, 0) is 6.54 Å². The zero-order chi connectivity index (χ0) is 15.2. The largest absolute Gasteiger partial charge is 0.434 e. The van der Waals surface area contributed by atoms with Crippen LogP contribution in [0.15, 0.2) is 18.2 Å². The fourth-order valence-corrected chi connectivity index (χ4v) is 2.94. The first kappa shape index (κ1) is 16.5. The Morgan fingerprint density at radius 3 is 3.00 bits per heavy atom. The second kappa shape index (κ2) is 7.92. The fourth-order valence-electron chi connectivity index (χ4n) is 2.75. The highest BCUT2D eigenvalue weighted by Gasteiger charge is 2.17. The van der Waals surface area contributed by atoms with Gasteiger partial charge in [-0.05, 0) is 57.1 Å². The van der Waals surface area contributed by atoms with Gasteiger partial charge in [0.05, 0.1) is 0 Å². The summed E-state index contributed by atoms with van der Waals surface area (Å²) in [5.41, 5.74) is 0.659. The Labute approximate surface area is 129 Å². The average molecular weight is 319 g/mol. The lowest BCUT2D eigenvalue weighted by molar-refractivity contribution is -0.0505. The minimum absolute atomic E-state index is 0.183. The molecule has 1 aliphatic heterocycles. The Bertz CT molecular complexity index is 459. The quantitative estimate of drug-likeness (QED) is 0.870. The van der Waals surface area contributed by atoms with E-state index in [0.29, 0.717) is 23.0 Å². The summed E-state index contributed by atoms with van der Waals surface area (Å²) in [5.74, 6) is 0.782. The first-order chi connectivity index (χ1) is 10.0. The summed E-state index contributed by atoms with van der Waals surface area (Å²) in [4.78, 5) is 2.32. The van der Waals surface area contributed by atoms with Gasteiger partial charge in [0.1, 0.15) is 5.75 Å². The number of ether oxygens (including phenoxy) is 1. The highest BCUT2D eigenvalue weighted by Crippen LogP contribution is 2.24. The van der Waals surface area contributed by atoms with Crippen molar-refractivity contribution in [2.24, 2.45) is 5.92 Å². The number of hydrogen-bond acceptors (Lipinski definition) is 3. The molecule has 1 saturated heterocycles. The number of nitrogens with one attached hydrogen (secondary N) is 1. The van der Waals surface area contributed by atoms with E-state index in [1.807, 2.05) is 0 Å². The molecule has 1 aromatic rings. The molecule has 6 heteroatoms. The summed E-state index contributed by atoms with van der Waals surface area (Å²) in [6.07, 6.45) is 2.41. The Hall–Kier alpha value is -0.910. The average Bonchev–Trinajstić information content (AvgIpc) is 2.41. The van der Waals surface area contributed by atoms with Crippen molar-refractivity contribution in [2.75, 3.05) is 26.7 Å². The van der Waals surface area contributed by atoms with Crippen molar-refractivity contribution in [3.8, 4) is 5.75 Å². The number of alkyl halides is 2. The van der Waals surface area contributed by atoms with Gasteiger partial charge >= 0.3 is 6.61 Å². The van der Waals surface area contributed by atoms with Crippen LogP contribution in [0.1, 0.15) is 18.4 Å². The van der Waals surface area contributed by atoms with Gasteiger partial charge in [0.25, 0.3) is 0 Å². The molecule has 1 N–H and O–H groups in total. The van der Waals surface area contributed by atoms with E-state index in [1.165, 1.54) is 18.9 Å². The van der Waals surface area contributed by atoms with E-state index >= 15 is 0 Å². The SMILES string of the molecule is CN1CCCC(CNCc2cc(Cl)ccc2OC(F)F)C1. The molecule has 1 heterocycles. The topological polar surface area (TPSA) is 24.5 Å². The van der Waals surface area contributed by atoms with Crippen molar-refractivity contribution in [2.45, 2.75) is 26.0 Å². The van der Waals surface area contributed by atoms with Gasteiger partial charge in [0, 0.05) is 23.7 Å². The Morgan fingerprint density at radius 2 is 2.29 bits per heavy atom. The monoisotopic (exact) mass is 318 g/mol. The van der Waals surface area contributed by atoms with Crippen LogP contribution >= 0.6 is 11.6 Å². The van der Waals surface area contributed by atoms with Gasteiger partial charge in [-0.1, -0.05) is 11.6 Å². The van der Waals surface area contributed by atoms with E-state index in [4.69, 9.17) is 11.6 Å². The molecule has 1 unspecified atom stereocenters. The Kier molecular flexibility index (Phi) is 6.21. The molecule has 1 aromatic carbocycles. The van der Waals surface area contributed by atoms with Crippen LogP contribution in [0.4, 0.5) is 8.78 Å². The third-order valence-corrected chi connectivity index (χ3v) is 3.94. The Morgan fingerprint density at radius 1 is 1.48 bits per heavy atom. The van der Waals surface area contributed by atoms with Crippen molar-refractivity contribution in [3.63, 3.8) is 0 Å². The van der Waals surface area contributed by atoms with Crippen LogP contribution in [0.2, 0.25) is 5.02 Å². The maximum Gasteiger partial charge on any atom is 0.387 e. The normalized spacial score (nSPS) is 20.0. The van der Waals surface area contributed by atoms with Crippen molar-refractivity contribution in [3.05, 3.63) is 28.8 Å². The minimum atomic E-state index is -2.82. The van der Waals surface area contributed by atoms with Crippen molar-refractivity contribution >= 4 is 11.6 Å². The summed E-state index contributed by atoms with van der Waals surface area (Å²) >= 11 is 5.92. The minimum Gasteiger partial charge on any atom is -0.434 e. The summed E-state index contributed by atoms with van der Waals surface area (Å²) in [7, 11) is 2.12. The molecule has 0 saturated carbocycles. The first-order valence-electron chi connectivity index (χ1n) is 7.17. The van der Waals surface area contributed by atoms with E-state index in [9.17, 15) is 8.78 Å². The van der Waals surface area contributed by atoms with Crippen LogP contribution in [0.5, 0.6) is 5.75 Å². The highest BCUT2D eigenvalue weighted by molar-refractivity contribution is 6.30. The van der Waals surface area contributed by atoms with Crippen LogP contribution in [-0.4, -0.2) is 38.2 Å². The van der Waals surface area contributed by atoms with Crippen LogP contribution in [0, 0.1) is 5.92 Å². The molecule has 2 rings (SSSR count). The molecule has 0 aromatic heterocycles. The standard InChI is InChI=1S/C15H21ClF2N2O/c1-20-6-2-3-11(10-20)8-19-9-12-7-13(16)4-5-14(12)21-15(17)18/h4-5,7,11,15,19H,2-3,6,8-10H2,1H3. The van der Waals surface area contributed by atoms with E-state index in [2.05, 4.69) is 22.0 Å². The molecule has 3 nitrogen and oxygen atoms in total. The van der Waals surface area contributed by atoms with Crippen LogP contribution < -0.4 is 10.1 Å². The van der Waals surface area contributed by atoms with Gasteiger partial charge in [-0.3, -0.25) is 0 Å². The summed E-state index contributed by atoms with van der Waals surface area (Å²) in [6.45, 7) is 0.741. The predicted octanol–water partition coefficient (Wildman–Crippen LogP) is 3.37. The number of likely N-dealkylation sites (tertiary alicyclic amines) is 1. The van der Waals surface area contributed by atoms with E-state index in [-0.39, 0.29) is 5.75 Å². The third kappa shape index (κ3) is 5.41. The molecule has 21 heavy (non-hydrogen) atoms. The lowest BCUT2D eigenvalue weighted by Gasteiger charge is -2.29. The summed E-state index contributed by atoms with van der Waals surface area (Å²) in [5, 5.41) is 3.84. The van der Waals surface area contributed by atoms with E-state index < -0.39 is 6.61 Å². The van der Waals surface area contributed by atoms with Crippen molar-refractivity contribution in [1.29, 1.82) is 0 Å². The molecular formula is C15H21ClF2N2O. The number of halogens is 3. The van der Waals surface area contributed by atoms with Gasteiger partial charge in [0.2, 0.25) is 0 Å². The van der Waals surface area contributed by atoms with Crippen molar-refractivity contribution < 1.29 is 13.5 Å². The number of nitrogens with zero attached hydrogens (tertiary/aromatic N) is 1. The van der Waals surface area contributed by atoms with Crippen molar-refractivity contribution in [1.82, 2.24) is 10.2 Å². The number of piperidine rings is 1. The maximum atomic E-state index is 12.4. The van der Waals surface area contributed by atoms with Gasteiger partial charge in [0.15, 0.2) is 0 Å². The number of rotatable bonds is 6. The molecule has 1 aliphatic rings. The second-order valence-electron chi connectivity index (χ2n) is 5.53. The number of hydrogen-bond donors (Lipinski definition) is 1. The molecule has 1 atom stereocenters. The predicted molar refractivity (Wildman–Crippen MR) is 80.0 cm³/mol. The second-order valence-corrected chi connectivity index (χ2v) is 5.97. The molecule has 1 fully saturated rings. The highest BCUT2D eigenvalue weighted by atomic mass is 35.5. The smallest absolute Gasteiger partial charge is 0.387 e. The first-order valence-corrected chi connectivity index (χ1v) is 7.55. The van der Waals surface area contributed by atoms with Crippen LogP contribution in [0.3, 0.4) is 0 Å². The fraction of sp³-hybridized carbons (Fsp3) is 0.600. The Balaban J connectivity index is 1.88.